The number of methoxy groups -OCH3 is 1. The van der Waals surface area contributed by atoms with E-state index in [-0.39, 0.29) is 0 Å². The van der Waals surface area contributed by atoms with E-state index >= 15 is 0 Å². The minimum atomic E-state index is -0.693. The Hall–Kier alpha value is -2.77. The SMILES string of the molecule is COc1ccccc1N1CCN(CCNC(=O)C(=O)Nc2cc(Cl)ccc2C)CC1. The Morgan fingerprint density at radius 3 is 2.53 bits per heavy atom. The van der Waals surface area contributed by atoms with Gasteiger partial charge in [-0.15, -0.1) is 0 Å². The van der Waals surface area contributed by atoms with Crippen LogP contribution in [0.5, 0.6) is 5.75 Å². The van der Waals surface area contributed by atoms with Gasteiger partial charge in [0.2, 0.25) is 0 Å². The molecule has 0 bridgehead atoms. The maximum atomic E-state index is 12.1. The molecule has 0 radical (unpaired) electrons. The molecule has 0 spiro atoms. The van der Waals surface area contributed by atoms with Crippen molar-refractivity contribution in [1.82, 2.24) is 10.2 Å². The first-order valence-electron chi connectivity index (χ1n) is 9.93. The Balaban J connectivity index is 1.41. The number of hydrogen-bond acceptors (Lipinski definition) is 5. The highest BCUT2D eigenvalue weighted by Crippen LogP contribution is 2.28. The van der Waals surface area contributed by atoms with Gasteiger partial charge in [0.1, 0.15) is 5.75 Å². The molecule has 0 aliphatic carbocycles. The number of piperazine rings is 1. The highest BCUT2D eigenvalue weighted by Gasteiger charge is 2.20. The van der Waals surface area contributed by atoms with Crippen LogP contribution in [0.15, 0.2) is 42.5 Å². The maximum absolute atomic E-state index is 12.1. The van der Waals surface area contributed by atoms with E-state index in [9.17, 15) is 9.59 Å². The van der Waals surface area contributed by atoms with Crippen LogP contribution in [0.4, 0.5) is 11.4 Å². The predicted molar refractivity (Wildman–Crippen MR) is 119 cm³/mol. The van der Waals surface area contributed by atoms with Gasteiger partial charge in [-0.05, 0) is 36.8 Å². The van der Waals surface area contributed by atoms with Gasteiger partial charge in [-0.2, -0.15) is 0 Å². The Labute approximate surface area is 181 Å². The van der Waals surface area contributed by atoms with Crippen molar-refractivity contribution in [3.8, 4) is 5.75 Å². The number of hydrogen-bond donors (Lipinski definition) is 2. The molecule has 0 aromatic heterocycles. The van der Waals surface area contributed by atoms with Crippen LogP contribution >= 0.6 is 11.6 Å². The third-order valence-corrected chi connectivity index (χ3v) is 5.40. The lowest BCUT2D eigenvalue weighted by molar-refractivity contribution is -0.136. The van der Waals surface area contributed by atoms with Crippen LogP contribution in [0.2, 0.25) is 5.02 Å². The third-order valence-electron chi connectivity index (χ3n) is 5.17. The number of carbonyl (C=O) groups is 2. The number of benzene rings is 2. The number of para-hydroxylation sites is 2. The Morgan fingerprint density at radius 1 is 1.07 bits per heavy atom. The molecule has 1 saturated heterocycles. The Morgan fingerprint density at radius 2 is 1.80 bits per heavy atom. The highest BCUT2D eigenvalue weighted by atomic mass is 35.5. The zero-order valence-electron chi connectivity index (χ0n) is 17.3. The fourth-order valence-electron chi connectivity index (χ4n) is 3.42. The van der Waals surface area contributed by atoms with Gasteiger partial charge < -0.3 is 20.3 Å². The van der Waals surface area contributed by atoms with Crippen molar-refractivity contribution in [2.24, 2.45) is 0 Å². The summed E-state index contributed by atoms with van der Waals surface area (Å²) >= 11 is 5.95. The molecule has 1 fully saturated rings. The Kier molecular flexibility index (Phi) is 7.54. The topological polar surface area (TPSA) is 73.9 Å². The third kappa shape index (κ3) is 5.64. The molecular formula is C22H27ClN4O3. The van der Waals surface area contributed by atoms with Crippen molar-refractivity contribution in [1.29, 1.82) is 0 Å². The molecular weight excluding hydrogens is 404 g/mol. The zero-order valence-corrected chi connectivity index (χ0v) is 18.0. The number of halogens is 1. The van der Waals surface area contributed by atoms with Crippen molar-refractivity contribution < 1.29 is 14.3 Å². The number of carbonyl (C=O) groups excluding carboxylic acids is 2. The largest absolute Gasteiger partial charge is 0.495 e. The van der Waals surface area contributed by atoms with Gasteiger partial charge in [0.05, 0.1) is 12.8 Å². The second-order valence-corrected chi connectivity index (χ2v) is 7.61. The molecule has 0 saturated carbocycles. The van der Waals surface area contributed by atoms with Gasteiger partial charge in [-0.1, -0.05) is 29.8 Å². The first kappa shape index (κ1) is 21.9. The number of ether oxygens (including phenoxy) is 1. The lowest BCUT2D eigenvalue weighted by Crippen LogP contribution is -2.49. The summed E-state index contributed by atoms with van der Waals surface area (Å²) in [6.45, 7) is 6.45. The fourth-order valence-corrected chi connectivity index (χ4v) is 3.59. The van der Waals surface area contributed by atoms with Crippen LogP contribution in [-0.4, -0.2) is 63.1 Å². The number of nitrogens with zero attached hydrogens (tertiary/aromatic N) is 2. The molecule has 1 heterocycles. The molecule has 2 N–H and O–H groups in total. The first-order chi connectivity index (χ1) is 14.5. The Bertz CT molecular complexity index is 898. The van der Waals surface area contributed by atoms with Crippen LogP contribution < -0.4 is 20.3 Å². The lowest BCUT2D eigenvalue weighted by atomic mass is 10.2. The van der Waals surface area contributed by atoms with E-state index < -0.39 is 11.8 Å². The van der Waals surface area contributed by atoms with Gasteiger partial charge in [0, 0.05) is 50.0 Å². The smallest absolute Gasteiger partial charge is 0.313 e. The maximum Gasteiger partial charge on any atom is 0.313 e. The quantitative estimate of drug-likeness (QED) is 0.689. The molecule has 2 aromatic rings. The second kappa shape index (κ2) is 10.3. The van der Waals surface area contributed by atoms with Crippen molar-refractivity contribution in [3.63, 3.8) is 0 Å². The van der Waals surface area contributed by atoms with E-state index in [2.05, 4.69) is 26.5 Å². The molecule has 160 valence electrons. The highest BCUT2D eigenvalue weighted by molar-refractivity contribution is 6.40. The summed E-state index contributed by atoms with van der Waals surface area (Å²) in [5, 5.41) is 5.80. The van der Waals surface area contributed by atoms with Gasteiger partial charge >= 0.3 is 11.8 Å². The molecule has 1 aliphatic rings. The van der Waals surface area contributed by atoms with Gasteiger partial charge in [-0.25, -0.2) is 0 Å². The average Bonchev–Trinajstić information content (AvgIpc) is 2.76. The normalized spacial score (nSPS) is 14.3. The van der Waals surface area contributed by atoms with Crippen molar-refractivity contribution in [2.45, 2.75) is 6.92 Å². The average molecular weight is 431 g/mol. The molecule has 8 heteroatoms. The summed E-state index contributed by atoms with van der Waals surface area (Å²) in [5.74, 6) is -0.470. The minimum absolute atomic E-state index is 0.412. The van der Waals surface area contributed by atoms with Gasteiger partial charge in [0.15, 0.2) is 0 Å². The van der Waals surface area contributed by atoms with E-state index in [4.69, 9.17) is 16.3 Å². The molecule has 2 aromatic carbocycles. The summed E-state index contributed by atoms with van der Waals surface area (Å²) in [6.07, 6.45) is 0. The number of anilines is 2. The number of rotatable bonds is 6. The number of amides is 2. The molecule has 1 aliphatic heterocycles. The van der Waals surface area contributed by atoms with Crippen LogP contribution in [0.25, 0.3) is 0 Å². The standard InChI is InChI=1S/C22H27ClN4O3/c1-16-7-8-17(23)15-18(16)25-22(29)21(28)24-9-10-26-11-13-27(14-12-26)19-5-3-4-6-20(19)30-2/h3-8,15H,9-14H2,1-2H3,(H,24,28)(H,25,29). The molecule has 30 heavy (non-hydrogen) atoms. The predicted octanol–water partition coefficient (Wildman–Crippen LogP) is 2.53. The lowest BCUT2D eigenvalue weighted by Gasteiger charge is -2.36. The molecule has 0 atom stereocenters. The second-order valence-electron chi connectivity index (χ2n) is 7.17. The first-order valence-corrected chi connectivity index (χ1v) is 10.3. The summed E-state index contributed by atoms with van der Waals surface area (Å²) < 4.78 is 5.45. The summed E-state index contributed by atoms with van der Waals surface area (Å²) in [6, 6.07) is 13.2. The van der Waals surface area contributed by atoms with E-state index in [1.54, 1.807) is 25.3 Å². The molecule has 2 amide bonds. The van der Waals surface area contributed by atoms with E-state index in [0.29, 0.717) is 23.8 Å². The monoisotopic (exact) mass is 430 g/mol. The minimum Gasteiger partial charge on any atom is -0.495 e. The van der Waals surface area contributed by atoms with E-state index in [1.165, 1.54) is 0 Å². The van der Waals surface area contributed by atoms with Crippen LogP contribution in [0.3, 0.4) is 0 Å². The summed E-state index contributed by atoms with van der Waals surface area (Å²) in [4.78, 5) is 28.8. The van der Waals surface area contributed by atoms with E-state index in [1.807, 2.05) is 25.1 Å². The number of nitrogens with one attached hydrogen (secondary N) is 2. The van der Waals surface area contributed by atoms with Gasteiger partial charge in [-0.3, -0.25) is 14.5 Å². The van der Waals surface area contributed by atoms with Crippen LogP contribution in [0.1, 0.15) is 5.56 Å². The fraction of sp³-hybridized carbons (Fsp3) is 0.364. The molecule has 3 rings (SSSR count). The summed E-state index contributed by atoms with van der Waals surface area (Å²) in [7, 11) is 1.68. The molecule has 7 nitrogen and oxygen atoms in total. The van der Waals surface area contributed by atoms with E-state index in [0.717, 1.165) is 43.2 Å². The number of aryl methyl sites for hydroxylation is 1. The van der Waals surface area contributed by atoms with Crippen molar-refractivity contribution >= 4 is 34.8 Å². The summed E-state index contributed by atoms with van der Waals surface area (Å²) in [5.41, 5.74) is 2.48. The van der Waals surface area contributed by atoms with Crippen LogP contribution in [0, 0.1) is 6.92 Å². The van der Waals surface area contributed by atoms with Crippen molar-refractivity contribution in [3.05, 3.63) is 53.1 Å². The van der Waals surface area contributed by atoms with Gasteiger partial charge in [0.25, 0.3) is 0 Å². The van der Waals surface area contributed by atoms with Crippen LogP contribution in [-0.2, 0) is 9.59 Å². The molecule has 0 unspecified atom stereocenters. The zero-order chi connectivity index (χ0) is 21.5. The van der Waals surface area contributed by atoms with Crippen molar-refractivity contribution in [2.75, 3.05) is 56.6 Å².